The number of carbonyl (C=O) groups excluding carboxylic acids is 2. The van der Waals surface area contributed by atoms with Crippen molar-refractivity contribution < 1.29 is 9.59 Å². The van der Waals surface area contributed by atoms with Crippen molar-refractivity contribution in [3.8, 4) is 0 Å². The Kier molecular flexibility index (Phi) is 7.35. The molecule has 6 heteroatoms. The Morgan fingerprint density at radius 2 is 1.91 bits per heavy atom. The Balaban J connectivity index is 0.00000242. The van der Waals surface area contributed by atoms with Crippen molar-refractivity contribution in [2.75, 3.05) is 32.1 Å². The lowest BCUT2D eigenvalue weighted by molar-refractivity contribution is -0.119. The van der Waals surface area contributed by atoms with E-state index in [1.165, 1.54) is 0 Å². The van der Waals surface area contributed by atoms with Gasteiger partial charge in [-0.3, -0.25) is 9.59 Å². The van der Waals surface area contributed by atoms with E-state index >= 15 is 0 Å². The molecule has 1 aromatic carbocycles. The standard InChI is InChI=1S/C16H23N3O2.ClH/c1-17-10-5-11-18-15(20)13-6-3-4-7-14(13)19(2)16(21)12-8-9-12;/h3-4,6-7,12,17H,5,8-11H2,1-2H3,(H,18,20);1H. The average molecular weight is 326 g/mol. The first-order valence-corrected chi connectivity index (χ1v) is 7.44. The molecule has 0 bridgehead atoms. The second-order valence-electron chi connectivity index (χ2n) is 5.40. The highest BCUT2D eigenvalue weighted by molar-refractivity contribution is 6.05. The molecule has 1 aliphatic carbocycles. The molecule has 5 nitrogen and oxygen atoms in total. The van der Waals surface area contributed by atoms with Crippen LogP contribution in [0.1, 0.15) is 29.6 Å². The summed E-state index contributed by atoms with van der Waals surface area (Å²) < 4.78 is 0. The Morgan fingerprint density at radius 3 is 2.55 bits per heavy atom. The number of halogens is 1. The van der Waals surface area contributed by atoms with E-state index in [9.17, 15) is 9.59 Å². The van der Waals surface area contributed by atoms with Gasteiger partial charge in [0.05, 0.1) is 11.3 Å². The summed E-state index contributed by atoms with van der Waals surface area (Å²) in [6.07, 6.45) is 2.80. The molecule has 122 valence electrons. The van der Waals surface area contributed by atoms with Gasteiger partial charge in [-0.05, 0) is 45.0 Å². The number of benzene rings is 1. The molecular formula is C16H24ClN3O2. The normalized spacial score (nSPS) is 13.2. The lowest BCUT2D eigenvalue weighted by Gasteiger charge is -2.20. The molecule has 1 fully saturated rings. The minimum atomic E-state index is -0.128. The quantitative estimate of drug-likeness (QED) is 0.752. The predicted molar refractivity (Wildman–Crippen MR) is 90.7 cm³/mol. The molecule has 1 aromatic rings. The van der Waals surface area contributed by atoms with Gasteiger partial charge in [0.1, 0.15) is 0 Å². The Labute approximate surface area is 137 Å². The van der Waals surface area contributed by atoms with Gasteiger partial charge in [-0.2, -0.15) is 0 Å². The third kappa shape index (κ3) is 4.71. The van der Waals surface area contributed by atoms with Gasteiger partial charge < -0.3 is 15.5 Å². The summed E-state index contributed by atoms with van der Waals surface area (Å²) in [5, 5.41) is 5.94. The summed E-state index contributed by atoms with van der Waals surface area (Å²) in [6.45, 7) is 1.48. The van der Waals surface area contributed by atoms with Crippen LogP contribution in [-0.2, 0) is 4.79 Å². The summed E-state index contributed by atoms with van der Waals surface area (Å²) in [4.78, 5) is 26.0. The third-order valence-electron chi connectivity index (χ3n) is 3.66. The van der Waals surface area contributed by atoms with Crippen molar-refractivity contribution >= 4 is 29.9 Å². The zero-order valence-electron chi connectivity index (χ0n) is 13.1. The third-order valence-corrected chi connectivity index (χ3v) is 3.66. The summed E-state index contributed by atoms with van der Waals surface area (Å²) >= 11 is 0. The van der Waals surface area contributed by atoms with Gasteiger partial charge in [0.25, 0.3) is 5.91 Å². The molecule has 2 rings (SSSR count). The van der Waals surface area contributed by atoms with Crippen LogP contribution in [0.3, 0.4) is 0 Å². The van der Waals surface area contributed by atoms with Gasteiger partial charge in [-0.1, -0.05) is 12.1 Å². The van der Waals surface area contributed by atoms with E-state index in [1.54, 1.807) is 18.0 Å². The number of amides is 2. The molecule has 1 saturated carbocycles. The second-order valence-corrected chi connectivity index (χ2v) is 5.40. The molecular weight excluding hydrogens is 302 g/mol. The van der Waals surface area contributed by atoms with Crippen molar-refractivity contribution in [3.63, 3.8) is 0 Å². The van der Waals surface area contributed by atoms with Crippen LogP contribution in [0.2, 0.25) is 0 Å². The number of anilines is 1. The number of nitrogens with one attached hydrogen (secondary N) is 2. The topological polar surface area (TPSA) is 61.4 Å². The molecule has 22 heavy (non-hydrogen) atoms. The predicted octanol–water partition coefficient (Wildman–Crippen LogP) is 1.82. The van der Waals surface area contributed by atoms with E-state index in [1.807, 2.05) is 25.2 Å². The molecule has 2 amide bonds. The average Bonchev–Trinajstić information content (AvgIpc) is 3.34. The van der Waals surface area contributed by atoms with E-state index in [2.05, 4.69) is 10.6 Å². The van der Waals surface area contributed by atoms with E-state index in [4.69, 9.17) is 0 Å². The molecule has 0 heterocycles. The lowest BCUT2D eigenvalue weighted by atomic mass is 10.1. The van der Waals surface area contributed by atoms with Crippen LogP contribution >= 0.6 is 12.4 Å². The molecule has 2 N–H and O–H groups in total. The van der Waals surface area contributed by atoms with Crippen LogP contribution < -0.4 is 15.5 Å². The Bertz CT molecular complexity index is 518. The van der Waals surface area contributed by atoms with Crippen molar-refractivity contribution in [2.45, 2.75) is 19.3 Å². The highest BCUT2D eigenvalue weighted by Crippen LogP contribution is 2.33. The highest BCUT2D eigenvalue weighted by Gasteiger charge is 2.33. The Morgan fingerprint density at radius 1 is 1.23 bits per heavy atom. The number of rotatable bonds is 7. The van der Waals surface area contributed by atoms with Crippen molar-refractivity contribution in [2.24, 2.45) is 5.92 Å². The number of para-hydroxylation sites is 1. The monoisotopic (exact) mass is 325 g/mol. The minimum Gasteiger partial charge on any atom is -0.352 e. The first kappa shape index (κ1) is 18.5. The van der Waals surface area contributed by atoms with Crippen LogP contribution in [0.4, 0.5) is 5.69 Å². The van der Waals surface area contributed by atoms with Gasteiger partial charge in [0.15, 0.2) is 0 Å². The molecule has 0 aromatic heterocycles. The van der Waals surface area contributed by atoms with Gasteiger partial charge in [0, 0.05) is 19.5 Å². The van der Waals surface area contributed by atoms with E-state index < -0.39 is 0 Å². The zero-order valence-corrected chi connectivity index (χ0v) is 13.9. The smallest absolute Gasteiger partial charge is 0.253 e. The van der Waals surface area contributed by atoms with Crippen LogP contribution in [0.5, 0.6) is 0 Å². The highest BCUT2D eigenvalue weighted by atomic mass is 35.5. The summed E-state index contributed by atoms with van der Waals surface area (Å²) in [7, 11) is 3.63. The van der Waals surface area contributed by atoms with Crippen molar-refractivity contribution in [1.29, 1.82) is 0 Å². The van der Waals surface area contributed by atoms with E-state index in [-0.39, 0.29) is 30.1 Å². The van der Waals surface area contributed by atoms with Crippen LogP contribution in [0.15, 0.2) is 24.3 Å². The summed E-state index contributed by atoms with van der Waals surface area (Å²) in [5.41, 5.74) is 1.24. The molecule has 0 aliphatic heterocycles. The molecule has 0 atom stereocenters. The van der Waals surface area contributed by atoms with Gasteiger partial charge in [-0.15, -0.1) is 12.4 Å². The number of hydrogen-bond acceptors (Lipinski definition) is 3. The summed E-state index contributed by atoms with van der Waals surface area (Å²) in [5.74, 6) is 0.115. The van der Waals surface area contributed by atoms with Crippen LogP contribution in [0.25, 0.3) is 0 Å². The molecule has 0 spiro atoms. The van der Waals surface area contributed by atoms with Gasteiger partial charge in [-0.25, -0.2) is 0 Å². The number of nitrogens with zero attached hydrogens (tertiary/aromatic N) is 1. The minimum absolute atomic E-state index is 0. The molecule has 1 aliphatic rings. The first-order valence-electron chi connectivity index (χ1n) is 7.44. The van der Waals surface area contributed by atoms with Crippen molar-refractivity contribution in [1.82, 2.24) is 10.6 Å². The molecule has 0 radical (unpaired) electrons. The van der Waals surface area contributed by atoms with Gasteiger partial charge >= 0.3 is 0 Å². The molecule has 0 unspecified atom stereocenters. The fourth-order valence-corrected chi connectivity index (χ4v) is 2.24. The fourth-order valence-electron chi connectivity index (χ4n) is 2.24. The molecule has 0 saturated heterocycles. The van der Waals surface area contributed by atoms with Gasteiger partial charge in [0.2, 0.25) is 5.91 Å². The maximum absolute atomic E-state index is 12.3. The second kappa shape index (κ2) is 8.76. The van der Waals surface area contributed by atoms with Crippen molar-refractivity contribution in [3.05, 3.63) is 29.8 Å². The number of hydrogen-bond donors (Lipinski definition) is 2. The largest absolute Gasteiger partial charge is 0.352 e. The van der Waals surface area contributed by atoms with Crippen LogP contribution in [0, 0.1) is 5.92 Å². The SMILES string of the molecule is CNCCCNC(=O)c1ccccc1N(C)C(=O)C1CC1.Cl. The van der Waals surface area contributed by atoms with Crippen LogP contribution in [-0.4, -0.2) is 39.0 Å². The first-order chi connectivity index (χ1) is 10.1. The zero-order chi connectivity index (χ0) is 15.2. The summed E-state index contributed by atoms with van der Waals surface area (Å²) in [6, 6.07) is 7.26. The maximum Gasteiger partial charge on any atom is 0.253 e. The fraction of sp³-hybridized carbons (Fsp3) is 0.500. The van der Waals surface area contributed by atoms with E-state index in [0.29, 0.717) is 17.8 Å². The van der Waals surface area contributed by atoms with E-state index in [0.717, 1.165) is 25.8 Å². The lowest BCUT2D eigenvalue weighted by Crippen LogP contribution is -2.32. The maximum atomic E-state index is 12.3. The Hall–Kier alpha value is -1.59. The number of carbonyl (C=O) groups is 2.